The second-order valence-corrected chi connectivity index (χ2v) is 8.91. The zero-order chi connectivity index (χ0) is 25.8. The summed E-state index contributed by atoms with van der Waals surface area (Å²) in [7, 11) is 4.51. The van der Waals surface area contributed by atoms with Crippen LogP contribution in [-0.4, -0.2) is 51.1 Å². The molecule has 2 aromatic rings. The molecule has 0 aliphatic heterocycles. The average molecular weight is 496 g/mol. The molecule has 0 unspecified atom stereocenters. The zero-order valence-electron chi connectivity index (χ0n) is 21.5. The van der Waals surface area contributed by atoms with Crippen molar-refractivity contribution in [3.05, 3.63) is 65.9 Å². The van der Waals surface area contributed by atoms with Gasteiger partial charge >= 0.3 is 5.97 Å². The minimum absolute atomic E-state index is 0.146. The van der Waals surface area contributed by atoms with E-state index in [1.165, 1.54) is 27.8 Å². The molecule has 0 atom stereocenters. The van der Waals surface area contributed by atoms with E-state index >= 15 is 0 Å². The summed E-state index contributed by atoms with van der Waals surface area (Å²) < 4.78 is 21.5. The van der Waals surface area contributed by atoms with Crippen LogP contribution < -0.4 is 14.2 Å². The number of ketones is 1. The van der Waals surface area contributed by atoms with Crippen molar-refractivity contribution in [2.75, 3.05) is 34.5 Å². The molecule has 0 spiro atoms. The van der Waals surface area contributed by atoms with Gasteiger partial charge in [0.15, 0.2) is 17.3 Å². The van der Waals surface area contributed by atoms with Crippen molar-refractivity contribution in [2.24, 2.45) is 5.92 Å². The fraction of sp³-hybridized carbons (Fsp3) is 0.448. The molecule has 1 aliphatic carbocycles. The van der Waals surface area contributed by atoms with Gasteiger partial charge in [0.25, 0.3) is 0 Å². The van der Waals surface area contributed by atoms with Gasteiger partial charge in [-0.15, -0.1) is 0 Å². The molecule has 0 aromatic heterocycles. The van der Waals surface area contributed by atoms with Crippen molar-refractivity contribution < 1.29 is 28.5 Å². The Morgan fingerprint density at radius 3 is 2.22 bits per heavy atom. The topological polar surface area (TPSA) is 74.3 Å². The van der Waals surface area contributed by atoms with Gasteiger partial charge in [0.2, 0.25) is 5.75 Å². The predicted octanol–water partition coefficient (Wildman–Crippen LogP) is 5.42. The molecule has 0 amide bonds. The summed E-state index contributed by atoms with van der Waals surface area (Å²) in [5.41, 5.74) is 1.48. The van der Waals surface area contributed by atoms with Crippen LogP contribution in [0.25, 0.3) is 0 Å². The molecule has 1 saturated carbocycles. The number of carbonyl (C=O) groups is 2. The molecular formula is C29H37NO6. The number of rotatable bonds is 13. The zero-order valence-corrected chi connectivity index (χ0v) is 21.5. The van der Waals surface area contributed by atoms with Crippen molar-refractivity contribution in [1.29, 1.82) is 0 Å². The molecule has 7 heteroatoms. The van der Waals surface area contributed by atoms with E-state index in [-0.39, 0.29) is 18.3 Å². The van der Waals surface area contributed by atoms with Crippen LogP contribution in [0.5, 0.6) is 17.2 Å². The maximum Gasteiger partial charge on any atom is 0.338 e. The lowest BCUT2D eigenvalue weighted by Crippen LogP contribution is -2.22. The monoisotopic (exact) mass is 495 g/mol. The van der Waals surface area contributed by atoms with E-state index in [0.29, 0.717) is 42.3 Å². The molecule has 1 aliphatic rings. The minimum atomic E-state index is -0.466. The number of esters is 1. The van der Waals surface area contributed by atoms with Gasteiger partial charge in [-0.05, 0) is 43.0 Å². The molecule has 3 rings (SSSR count). The SMILES string of the molecule is COc1cc(C(=O)OCCCN(/C=C/C(=O)C2CCCCC2)Cc2ccccc2)cc(OC)c1OC. The summed E-state index contributed by atoms with van der Waals surface area (Å²) in [6.45, 7) is 1.56. The van der Waals surface area contributed by atoms with Crippen LogP contribution in [0.1, 0.15) is 54.4 Å². The van der Waals surface area contributed by atoms with Crippen LogP contribution >= 0.6 is 0 Å². The number of carbonyl (C=O) groups excluding carboxylic acids is 2. The first kappa shape index (κ1) is 27.1. The van der Waals surface area contributed by atoms with Gasteiger partial charge in [0.05, 0.1) is 33.5 Å². The van der Waals surface area contributed by atoms with Crippen molar-refractivity contribution in [1.82, 2.24) is 4.90 Å². The summed E-state index contributed by atoms with van der Waals surface area (Å²) >= 11 is 0. The molecule has 0 radical (unpaired) electrons. The van der Waals surface area contributed by atoms with Gasteiger partial charge < -0.3 is 23.8 Å². The van der Waals surface area contributed by atoms with Crippen LogP contribution in [0.15, 0.2) is 54.7 Å². The number of benzene rings is 2. The Morgan fingerprint density at radius 1 is 0.944 bits per heavy atom. The van der Waals surface area contributed by atoms with E-state index in [1.807, 2.05) is 24.4 Å². The Bertz CT molecular complexity index is 989. The van der Waals surface area contributed by atoms with Crippen LogP contribution in [-0.2, 0) is 16.1 Å². The smallest absolute Gasteiger partial charge is 0.338 e. The third-order valence-electron chi connectivity index (χ3n) is 6.41. The standard InChI is InChI=1S/C29H37NO6/c1-33-26-19-24(20-27(34-2)28(26)35-3)29(32)36-18-10-16-30(21-22-11-6-4-7-12-22)17-15-25(31)23-13-8-5-9-14-23/h4,6-7,11-12,15,17,19-20,23H,5,8-10,13-14,16,18,21H2,1-3H3/b17-15+. The van der Waals surface area contributed by atoms with E-state index in [9.17, 15) is 9.59 Å². The van der Waals surface area contributed by atoms with Gasteiger partial charge in [0.1, 0.15) is 0 Å². The molecule has 0 N–H and O–H groups in total. The van der Waals surface area contributed by atoms with Crippen LogP contribution in [0.4, 0.5) is 0 Å². The summed E-state index contributed by atoms with van der Waals surface area (Å²) in [6.07, 6.45) is 9.70. The van der Waals surface area contributed by atoms with E-state index in [4.69, 9.17) is 18.9 Å². The average Bonchev–Trinajstić information content (AvgIpc) is 2.93. The number of hydrogen-bond donors (Lipinski definition) is 0. The molecule has 36 heavy (non-hydrogen) atoms. The number of allylic oxidation sites excluding steroid dienone is 1. The summed E-state index contributed by atoms with van der Waals surface area (Å²) in [5.74, 6) is 1.10. The maximum absolute atomic E-state index is 12.7. The fourth-order valence-corrected chi connectivity index (χ4v) is 4.44. The Kier molecular flexibility index (Phi) is 10.7. The quantitative estimate of drug-likeness (QED) is 0.209. The Hall–Kier alpha value is -3.48. The lowest BCUT2D eigenvalue weighted by atomic mass is 9.86. The highest BCUT2D eigenvalue weighted by molar-refractivity contribution is 5.92. The second kappa shape index (κ2) is 14.2. The highest BCUT2D eigenvalue weighted by Gasteiger charge is 2.20. The molecule has 194 valence electrons. The second-order valence-electron chi connectivity index (χ2n) is 8.91. The third kappa shape index (κ3) is 7.77. The Balaban J connectivity index is 1.58. The molecule has 2 aromatic carbocycles. The van der Waals surface area contributed by atoms with E-state index in [1.54, 1.807) is 18.2 Å². The van der Waals surface area contributed by atoms with Crippen LogP contribution in [0, 0.1) is 5.92 Å². The van der Waals surface area contributed by atoms with Crippen LogP contribution in [0.3, 0.4) is 0 Å². The molecule has 0 saturated heterocycles. The minimum Gasteiger partial charge on any atom is -0.493 e. The van der Waals surface area contributed by atoms with Crippen LogP contribution in [0.2, 0.25) is 0 Å². The van der Waals surface area contributed by atoms with Gasteiger partial charge in [-0.1, -0.05) is 49.6 Å². The van der Waals surface area contributed by atoms with E-state index in [2.05, 4.69) is 17.0 Å². The first-order valence-corrected chi connectivity index (χ1v) is 12.5. The largest absolute Gasteiger partial charge is 0.493 e. The summed E-state index contributed by atoms with van der Waals surface area (Å²) in [4.78, 5) is 27.4. The molecule has 7 nitrogen and oxygen atoms in total. The highest BCUT2D eigenvalue weighted by Crippen LogP contribution is 2.38. The number of methoxy groups -OCH3 is 3. The number of ether oxygens (including phenoxy) is 4. The lowest BCUT2D eigenvalue weighted by Gasteiger charge is -2.22. The van der Waals surface area contributed by atoms with Crippen molar-refractivity contribution in [3.63, 3.8) is 0 Å². The number of nitrogens with zero attached hydrogens (tertiary/aromatic N) is 1. The Morgan fingerprint density at radius 2 is 1.61 bits per heavy atom. The van der Waals surface area contributed by atoms with Gasteiger partial charge in [-0.3, -0.25) is 4.79 Å². The summed E-state index contributed by atoms with van der Waals surface area (Å²) in [5, 5.41) is 0. The molecule has 1 fully saturated rings. The predicted molar refractivity (Wildman–Crippen MR) is 139 cm³/mol. The summed E-state index contributed by atoms with van der Waals surface area (Å²) in [6, 6.07) is 13.3. The maximum atomic E-state index is 12.7. The van der Waals surface area contributed by atoms with Gasteiger partial charge in [0, 0.05) is 25.2 Å². The molecular weight excluding hydrogens is 458 g/mol. The van der Waals surface area contributed by atoms with Crippen molar-refractivity contribution in [3.8, 4) is 17.2 Å². The lowest BCUT2D eigenvalue weighted by molar-refractivity contribution is -0.119. The normalized spacial score (nSPS) is 13.9. The highest BCUT2D eigenvalue weighted by atomic mass is 16.5. The van der Waals surface area contributed by atoms with E-state index < -0.39 is 5.97 Å². The van der Waals surface area contributed by atoms with Gasteiger partial charge in [-0.2, -0.15) is 0 Å². The molecule has 0 heterocycles. The first-order chi connectivity index (χ1) is 17.5. The van der Waals surface area contributed by atoms with Crippen molar-refractivity contribution >= 4 is 11.8 Å². The molecule has 0 bridgehead atoms. The fourth-order valence-electron chi connectivity index (χ4n) is 4.44. The number of hydrogen-bond acceptors (Lipinski definition) is 7. The van der Waals surface area contributed by atoms with E-state index in [0.717, 1.165) is 31.2 Å². The van der Waals surface area contributed by atoms with Gasteiger partial charge in [-0.25, -0.2) is 4.79 Å². The van der Waals surface area contributed by atoms with Crippen molar-refractivity contribution in [2.45, 2.75) is 45.1 Å². The Labute approximate surface area is 214 Å². The third-order valence-corrected chi connectivity index (χ3v) is 6.41. The first-order valence-electron chi connectivity index (χ1n) is 12.5.